The molecule has 0 fully saturated rings. The predicted molar refractivity (Wildman–Crippen MR) is 91.3 cm³/mol. The van der Waals surface area contributed by atoms with E-state index in [0.29, 0.717) is 6.61 Å². The van der Waals surface area contributed by atoms with Gasteiger partial charge in [-0.25, -0.2) is 4.39 Å². The number of ether oxygens (including phenoxy) is 1. The Morgan fingerprint density at radius 1 is 0.958 bits per heavy atom. The van der Waals surface area contributed by atoms with Crippen LogP contribution in [0.1, 0.15) is 16.9 Å². The lowest BCUT2D eigenvalue weighted by Crippen LogP contribution is -2.16. The lowest BCUT2D eigenvalue weighted by Gasteiger charge is -2.08. The average molecular weight is 325 g/mol. The summed E-state index contributed by atoms with van der Waals surface area (Å²) in [5, 5.41) is 3.38. The lowest BCUT2D eigenvalue weighted by atomic mass is 10.2. The van der Waals surface area contributed by atoms with E-state index in [1.807, 2.05) is 42.5 Å². The quantitative estimate of drug-likeness (QED) is 0.626. The van der Waals surface area contributed by atoms with Gasteiger partial charge in [0, 0.05) is 19.5 Å². The van der Waals surface area contributed by atoms with Gasteiger partial charge in [-0.2, -0.15) is 0 Å². The van der Waals surface area contributed by atoms with Gasteiger partial charge in [0.15, 0.2) is 0 Å². The number of nitrogens with one attached hydrogen (secondary N) is 1. The zero-order valence-corrected chi connectivity index (χ0v) is 13.4. The number of hydrogen-bond donors (Lipinski definition) is 1. The van der Waals surface area contributed by atoms with E-state index < -0.39 is 0 Å². The highest BCUT2D eigenvalue weighted by Crippen LogP contribution is 2.14. The van der Waals surface area contributed by atoms with E-state index in [-0.39, 0.29) is 5.82 Å². The van der Waals surface area contributed by atoms with Crippen LogP contribution in [0, 0.1) is 5.82 Å². The van der Waals surface area contributed by atoms with Gasteiger partial charge < -0.3 is 14.5 Å². The molecule has 3 nitrogen and oxygen atoms in total. The molecule has 0 aliphatic rings. The van der Waals surface area contributed by atoms with E-state index >= 15 is 0 Å². The first kappa shape index (κ1) is 16.3. The number of hydrogen-bond acceptors (Lipinski definition) is 3. The molecule has 1 N–H and O–H groups in total. The van der Waals surface area contributed by atoms with Crippen LogP contribution >= 0.6 is 0 Å². The molecule has 2 aromatic carbocycles. The molecule has 0 saturated carbocycles. The van der Waals surface area contributed by atoms with Crippen LogP contribution in [0.2, 0.25) is 0 Å². The monoisotopic (exact) mass is 325 g/mol. The van der Waals surface area contributed by atoms with Crippen molar-refractivity contribution in [3.05, 3.63) is 89.6 Å². The minimum atomic E-state index is -0.243. The van der Waals surface area contributed by atoms with Gasteiger partial charge in [0.25, 0.3) is 0 Å². The summed E-state index contributed by atoms with van der Waals surface area (Å²) in [6, 6.07) is 18.2. The average Bonchev–Trinajstić information content (AvgIpc) is 3.11. The van der Waals surface area contributed by atoms with Crippen LogP contribution in [-0.2, 0) is 19.6 Å². The molecule has 0 aliphatic heterocycles. The molecule has 0 aliphatic carbocycles. The molecule has 0 amide bonds. The van der Waals surface area contributed by atoms with Gasteiger partial charge in [0.1, 0.15) is 23.9 Å². The second-order valence-electron chi connectivity index (χ2n) is 5.57. The Hall–Kier alpha value is -2.59. The highest BCUT2D eigenvalue weighted by atomic mass is 19.1. The van der Waals surface area contributed by atoms with E-state index in [1.54, 1.807) is 12.3 Å². The molecule has 0 unspecified atom stereocenters. The molecular weight excluding hydrogens is 305 g/mol. The maximum Gasteiger partial charge on any atom is 0.123 e. The zero-order chi connectivity index (χ0) is 16.6. The molecule has 3 aromatic rings. The smallest absolute Gasteiger partial charge is 0.123 e. The summed E-state index contributed by atoms with van der Waals surface area (Å²) in [4.78, 5) is 0. The van der Waals surface area contributed by atoms with Gasteiger partial charge >= 0.3 is 0 Å². The van der Waals surface area contributed by atoms with Gasteiger partial charge in [0.2, 0.25) is 0 Å². The first-order chi connectivity index (χ1) is 11.8. The van der Waals surface area contributed by atoms with E-state index in [9.17, 15) is 4.39 Å². The Balaban J connectivity index is 1.41. The van der Waals surface area contributed by atoms with Crippen LogP contribution in [0.25, 0.3) is 0 Å². The number of halogens is 1. The summed E-state index contributed by atoms with van der Waals surface area (Å²) < 4.78 is 24.1. The van der Waals surface area contributed by atoms with Crippen LogP contribution in [0.4, 0.5) is 4.39 Å². The molecule has 1 aromatic heterocycles. The normalized spacial score (nSPS) is 10.7. The van der Waals surface area contributed by atoms with Crippen LogP contribution in [0.5, 0.6) is 5.75 Å². The zero-order valence-electron chi connectivity index (χ0n) is 13.4. The van der Waals surface area contributed by atoms with Crippen LogP contribution in [0.3, 0.4) is 0 Å². The molecular formula is C20H20FNO2. The molecule has 0 atom stereocenters. The second-order valence-corrected chi connectivity index (χ2v) is 5.57. The summed E-state index contributed by atoms with van der Waals surface area (Å²) in [7, 11) is 0. The second kappa shape index (κ2) is 8.31. The molecule has 0 radical (unpaired) electrons. The van der Waals surface area contributed by atoms with Crippen molar-refractivity contribution in [2.75, 3.05) is 6.54 Å². The van der Waals surface area contributed by atoms with Crippen LogP contribution in [0.15, 0.2) is 71.3 Å². The fourth-order valence-electron chi connectivity index (χ4n) is 2.40. The Labute approximate surface area is 141 Å². The summed E-state index contributed by atoms with van der Waals surface area (Å²) >= 11 is 0. The maximum atomic E-state index is 13.1. The molecule has 24 heavy (non-hydrogen) atoms. The van der Waals surface area contributed by atoms with E-state index in [0.717, 1.165) is 36.6 Å². The van der Waals surface area contributed by atoms with Crippen LogP contribution < -0.4 is 10.1 Å². The molecule has 0 saturated heterocycles. The van der Waals surface area contributed by atoms with Crippen LogP contribution in [-0.4, -0.2) is 6.54 Å². The minimum Gasteiger partial charge on any atom is -0.489 e. The van der Waals surface area contributed by atoms with Crippen molar-refractivity contribution in [3.63, 3.8) is 0 Å². The number of rotatable bonds is 8. The van der Waals surface area contributed by atoms with Crippen molar-refractivity contribution in [2.24, 2.45) is 0 Å². The van der Waals surface area contributed by atoms with Gasteiger partial charge in [-0.15, -0.1) is 0 Å². The van der Waals surface area contributed by atoms with E-state index in [4.69, 9.17) is 9.15 Å². The third kappa shape index (κ3) is 4.96. The Morgan fingerprint density at radius 2 is 1.83 bits per heavy atom. The molecule has 4 heteroatoms. The molecule has 0 spiro atoms. The van der Waals surface area contributed by atoms with E-state index in [2.05, 4.69) is 5.32 Å². The highest BCUT2D eigenvalue weighted by Gasteiger charge is 2.00. The lowest BCUT2D eigenvalue weighted by molar-refractivity contribution is 0.305. The minimum absolute atomic E-state index is 0.243. The SMILES string of the molecule is Fc1cccc(COc2ccc(CNCCc3ccco3)cc2)c1. The number of benzene rings is 2. The summed E-state index contributed by atoms with van der Waals surface area (Å²) in [6.45, 7) is 2.02. The summed E-state index contributed by atoms with van der Waals surface area (Å²) in [5.41, 5.74) is 2.01. The number of furan rings is 1. The summed E-state index contributed by atoms with van der Waals surface area (Å²) in [5.74, 6) is 1.52. The largest absolute Gasteiger partial charge is 0.489 e. The predicted octanol–water partition coefficient (Wildman–Crippen LogP) is 4.33. The van der Waals surface area contributed by atoms with Crippen molar-refractivity contribution in [1.82, 2.24) is 5.32 Å². The topological polar surface area (TPSA) is 34.4 Å². The standard InChI is InChI=1S/C20H20FNO2/c21-18-4-1-3-17(13-18)15-24-20-8-6-16(7-9-20)14-22-11-10-19-5-2-12-23-19/h1-9,12-13,22H,10-11,14-15H2. The van der Waals surface area contributed by atoms with Gasteiger partial charge in [0.05, 0.1) is 6.26 Å². The van der Waals surface area contributed by atoms with Crippen molar-refractivity contribution < 1.29 is 13.5 Å². The Bertz CT molecular complexity index is 739. The van der Waals surface area contributed by atoms with Crippen molar-refractivity contribution >= 4 is 0 Å². The highest BCUT2D eigenvalue weighted by molar-refractivity contribution is 5.27. The van der Waals surface area contributed by atoms with Crippen molar-refractivity contribution in [3.8, 4) is 5.75 Å². The van der Waals surface area contributed by atoms with E-state index in [1.165, 1.54) is 17.7 Å². The first-order valence-electron chi connectivity index (χ1n) is 7.99. The molecule has 3 rings (SSSR count). The van der Waals surface area contributed by atoms with Crippen molar-refractivity contribution in [2.45, 2.75) is 19.6 Å². The van der Waals surface area contributed by atoms with Gasteiger partial charge in [-0.1, -0.05) is 24.3 Å². The third-order valence-corrected chi connectivity index (χ3v) is 3.68. The Morgan fingerprint density at radius 3 is 2.58 bits per heavy atom. The molecule has 1 heterocycles. The molecule has 124 valence electrons. The fraction of sp³-hybridized carbons (Fsp3) is 0.200. The first-order valence-corrected chi connectivity index (χ1v) is 7.99. The van der Waals surface area contributed by atoms with Gasteiger partial charge in [-0.3, -0.25) is 0 Å². The van der Waals surface area contributed by atoms with Gasteiger partial charge in [-0.05, 0) is 47.5 Å². The third-order valence-electron chi connectivity index (χ3n) is 3.68. The molecule has 0 bridgehead atoms. The maximum absolute atomic E-state index is 13.1. The van der Waals surface area contributed by atoms with Crippen molar-refractivity contribution in [1.29, 1.82) is 0 Å². The Kier molecular flexibility index (Phi) is 5.64. The summed E-state index contributed by atoms with van der Waals surface area (Å²) in [6.07, 6.45) is 2.57. The fourth-order valence-corrected chi connectivity index (χ4v) is 2.40.